The first-order valence-electron chi connectivity index (χ1n) is 7.96. The third kappa shape index (κ3) is 5.96. The van der Waals surface area contributed by atoms with Gasteiger partial charge in [0.25, 0.3) is 5.91 Å². The van der Waals surface area contributed by atoms with E-state index in [0.29, 0.717) is 28.3 Å². The van der Waals surface area contributed by atoms with E-state index in [9.17, 15) is 14.4 Å². The number of hydrogen-bond donors (Lipinski definition) is 2. The zero-order chi connectivity index (χ0) is 19.8. The Morgan fingerprint density at radius 1 is 1.00 bits per heavy atom. The van der Waals surface area contributed by atoms with Gasteiger partial charge in [0.1, 0.15) is 0 Å². The Kier molecular flexibility index (Phi) is 6.65. The minimum absolute atomic E-state index is 0.188. The molecule has 0 fully saturated rings. The van der Waals surface area contributed by atoms with Crippen LogP contribution in [0.25, 0.3) is 0 Å². The Morgan fingerprint density at radius 3 is 2.30 bits per heavy atom. The number of hydrogen-bond acceptors (Lipinski definition) is 6. The second kappa shape index (κ2) is 9.14. The molecule has 0 bridgehead atoms. The fourth-order valence-electron chi connectivity index (χ4n) is 2.14. The molecule has 0 radical (unpaired) electrons. The normalized spacial score (nSPS) is 10.3. The number of carbonyl (C=O) groups is 3. The summed E-state index contributed by atoms with van der Waals surface area (Å²) in [7, 11) is 1.45. The van der Waals surface area contributed by atoms with Gasteiger partial charge in [0.2, 0.25) is 5.91 Å². The topological polar surface area (TPSA) is 106 Å². The lowest BCUT2D eigenvalue weighted by molar-refractivity contribution is -0.132. The molecular weight excluding hydrogens is 350 g/mol. The van der Waals surface area contributed by atoms with Crippen LogP contribution in [-0.4, -0.2) is 31.1 Å². The lowest BCUT2D eigenvalue weighted by Gasteiger charge is -2.08. The van der Waals surface area contributed by atoms with Gasteiger partial charge in [-0.05, 0) is 48.0 Å². The maximum absolute atomic E-state index is 12.1. The zero-order valence-corrected chi connectivity index (χ0v) is 15.1. The summed E-state index contributed by atoms with van der Waals surface area (Å²) >= 11 is 0. The quantitative estimate of drug-likeness (QED) is 0.352. The summed E-state index contributed by atoms with van der Waals surface area (Å²) in [5, 5.41) is 6.52. The van der Waals surface area contributed by atoms with Gasteiger partial charge in [-0.15, -0.1) is 0 Å². The Bertz CT molecular complexity index is 875. The lowest BCUT2D eigenvalue weighted by Crippen LogP contribution is -2.17. The van der Waals surface area contributed by atoms with Crippen molar-refractivity contribution in [2.75, 3.05) is 12.4 Å². The largest absolute Gasteiger partial charge is 0.493 e. The Labute approximate surface area is 156 Å². The molecular formula is C19H19N3O5. The molecule has 27 heavy (non-hydrogen) atoms. The zero-order valence-electron chi connectivity index (χ0n) is 15.1. The average molecular weight is 369 g/mol. The van der Waals surface area contributed by atoms with Crippen molar-refractivity contribution in [1.29, 1.82) is 0 Å². The standard InChI is InChI=1S/C19H19N3O5/c1-12(23)21-16-7-5-15(6-8-16)19(25)22-20-11-14-4-9-17(27-13(2)24)18(10-14)26-3/h4-11H,1-3H3,(H,21,23)(H,22,25). The smallest absolute Gasteiger partial charge is 0.308 e. The lowest BCUT2D eigenvalue weighted by atomic mass is 10.2. The van der Waals surface area contributed by atoms with Crippen molar-refractivity contribution in [1.82, 2.24) is 5.43 Å². The van der Waals surface area contributed by atoms with Crippen molar-refractivity contribution >= 4 is 29.7 Å². The molecule has 8 heteroatoms. The molecule has 0 unspecified atom stereocenters. The van der Waals surface area contributed by atoms with Gasteiger partial charge in [0, 0.05) is 25.1 Å². The second-order valence-corrected chi connectivity index (χ2v) is 5.46. The van der Waals surface area contributed by atoms with E-state index in [-0.39, 0.29) is 5.91 Å². The van der Waals surface area contributed by atoms with Gasteiger partial charge >= 0.3 is 5.97 Å². The first kappa shape index (κ1) is 19.6. The average Bonchev–Trinajstić information content (AvgIpc) is 2.62. The molecule has 0 aromatic heterocycles. The van der Waals surface area contributed by atoms with Crippen molar-refractivity contribution in [3.63, 3.8) is 0 Å². The highest BCUT2D eigenvalue weighted by atomic mass is 16.6. The number of nitrogens with zero attached hydrogens (tertiary/aromatic N) is 1. The van der Waals surface area contributed by atoms with Crippen LogP contribution < -0.4 is 20.2 Å². The van der Waals surface area contributed by atoms with Crippen LogP contribution in [0.2, 0.25) is 0 Å². The van der Waals surface area contributed by atoms with Crippen molar-refractivity contribution in [3.8, 4) is 11.5 Å². The van der Waals surface area contributed by atoms with Crippen LogP contribution in [0, 0.1) is 0 Å². The van der Waals surface area contributed by atoms with Gasteiger partial charge in [-0.1, -0.05) is 0 Å². The number of methoxy groups -OCH3 is 1. The van der Waals surface area contributed by atoms with E-state index in [1.165, 1.54) is 27.2 Å². The number of hydrazone groups is 1. The first-order valence-corrected chi connectivity index (χ1v) is 7.96. The SMILES string of the molecule is COc1cc(C=NNC(=O)c2ccc(NC(C)=O)cc2)ccc1OC(C)=O. The molecule has 2 amide bonds. The van der Waals surface area contributed by atoms with Gasteiger partial charge in [-0.3, -0.25) is 14.4 Å². The molecule has 0 aliphatic carbocycles. The predicted octanol–water partition coefficient (Wildman–Crippen LogP) is 2.34. The molecule has 2 aromatic carbocycles. The Balaban J connectivity index is 2.00. The first-order chi connectivity index (χ1) is 12.9. The molecule has 140 valence electrons. The fourth-order valence-corrected chi connectivity index (χ4v) is 2.14. The summed E-state index contributed by atoms with van der Waals surface area (Å²) in [6.07, 6.45) is 1.43. The maximum atomic E-state index is 12.1. The highest BCUT2D eigenvalue weighted by Crippen LogP contribution is 2.27. The molecule has 0 saturated heterocycles. The highest BCUT2D eigenvalue weighted by Gasteiger charge is 2.08. The fraction of sp³-hybridized carbons (Fsp3) is 0.158. The van der Waals surface area contributed by atoms with Gasteiger partial charge < -0.3 is 14.8 Å². The van der Waals surface area contributed by atoms with E-state index in [2.05, 4.69) is 15.8 Å². The third-order valence-electron chi connectivity index (χ3n) is 3.29. The third-order valence-corrected chi connectivity index (χ3v) is 3.29. The van der Waals surface area contributed by atoms with Crippen LogP contribution >= 0.6 is 0 Å². The summed E-state index contributed by atoms with van der Waals surface area (Å²) in [4.78, 5) is 34.1. The molecule has 2 aromatic rings. The van der Waals surface area contributed by atoms with Gasteiger partial charge in [0.05, 0.1) is 13.3 Å². The predicted molar refractivity (Wildman–Crippen MR) is 100 cm³/mol. The highest BCUT2D eigenvalue weighted by molar-refractivity contribution is 5.96. The van der Waals surface area contributed by atoms with Crippen molar-refractivity contribution in [2.45, 2.75) is 13.8 Å². The van der Waals surface area contributed by atoms with Crippen LogP contribution in [-0.2, 0) is 9.59 Å². The second-order valence-electron chi connectivity index (χ2n) is 5.46. The van der Waals surface area contributed by atoms with Crippen LogP contribution in [0.4, 0.5) is 5.69 Å². The molecule has 0 heterocycles. The van der Waals surface area contributed by atoms with Crippen LogP contribution in [0.5, 0.6) is 11.5 Å². The summed E-state index contributed by atoms with van der Waals surface area (Å²) in [6.45, 7) is 2.70. The minimum atomic E-state index is -0.452. The van der Waals surface area contributed by atoms with Crippen LogP contribution in [0.1, 0.15) is 29.8 Å². The number of carbonyl (C=O) groups excluding carboxylic acids is 3. The van der Waals surface area contributed by atoms with Crippen molar-refractivity contribution in [3.05, 3.63) is 53.6 Å². The van der Waals surface area contributed by atoms with Gasteiger partial charge in [0.15, 0.2) is 11.5 Å². The van der Waals surface area contributed by atoms with Crippen LogP contribution in [0.15, 0.2) is 47.6 Å². The van der Waals surface area contributed by atoms with Crippen LogP contribution in [0.3, 0.4) is 0 Å². The molecule has 2 N–H and O–H groups in total. The van der Waals surface area contributed by atoms with E-state index < -0.39 is 11.9 Å². The molecule has 0 aliphatic heterocycles. The van der Waals surface area contributed by atoms with E-state index in [4.69, 9.17) is 9.47 Å². The van der Waals surface area contributed by atoms with E-state index in [1.807, 2.05) is 0 Å². The summed E-state index contributed by atoms with van der Waals surface area (Å²) < 4.78 is 10.2. The van der Waals surface area contributed by atoms with Gasteiger partial charge in [-0.25, -0.2) is 5.43 Å². The summed E-state index contributed by atoms with van der Waals surface area (Å²) in [5.41, 5.74) is 4.04. The van der Waals surface area contributed by atoms with Crippen molar-refractivity contribution in [2.24, 2.45) is 5.10 Å². The maximum Gasteiger partial charge on any atom is 0.308 e. The molecule has 0 saturated carbocycles. The minimum Gasteiger partial charge on any atom is -0.493 e. The van der Waals surface area contributed by atoms with Crippen molar-refractivity contribution < 1.29 is 23.9 Å². The van der Waals surface area contributed by atoms with E-state index >= 15 is 0 Å². The van der Waals surface area contributed by atoms with E-state index in [1.54, 1.807) is 42.5 Å². The number of anilines is 1. The Hall–Kier alpha value is -3.68. The Morgan fingerprint density at radius 2 is 1.70 bits per heavy atom. The molecule has 0 spiro atoms. The number of ether oxygens (including phenoxy) is 2. The molecule has 0 atom stereocenters. The molecule has 2 rings (SSSR count). The number of esters is 1. The molecule has 0 aliphatic rings. The number of nitrogens with one attached hydrogen (secondary N) is 2. The number of benzene rings is 2. The monoisotopic (exact) mass is 369 g/mol. The summed E-state index contributed by atoms with van der Waals surface area (Å²) in [5.74, 6) is -0.373. The number of rotatable bonds is 6. The molecule has 8 nitrogen and oxygen atoms in total. The number of amides is 2. The summed E-state index contributed by atoms with van der Waals surface area (Å²) in [6, 6.07) is 11.3. The van der Waals surface area contributed by atoms with E-state index in [0.717, 1.165) is 0 Å². The van der Waals surface area contributed by atoms with Gasteiger partial charge in [-0.2, -0.15) is 5.10 Å².